The van der Waals surface area contributed by atoms with Crippen molar-refractivity contribution in [1.82, 2.24) is 0 Å². The van der Waals surface area contributed by atoms with Gasteiger partial charge in [0.25, 0.3) is 6.43 Å². The van der Waals surface area contributed by atoms with Crippen LogP contribution >= 0.6 is 0 Å². The summed E-state index contributed by atoms with van der Waals surface area (Å²) in [7, 11) is 0. The Bertz CT molecular complexity index is 420. The monoisotopic (exact) mass is 242 g/mol. The highest BCUT2D eigenvalue weighted by atomic mass is 19.3. The highest BCUT2D eigenvalue weighted by Gasteiger charge is 2.45. The molecular formula is C12H12F2O3. The van der Waals surface area contributed by atoms with E-state index in [2.05, 4.69) is 0 Å². The Morgan fingerprint density at radius 1 is 1.47 bits per heavy atom. The quantitative estimate of drug-likeness (QED) is 0.863. The molecule has 0 heterocycles. The molecule has 0 unspecified atom stereocenters. The van der Waals surface area contributed by atoms with E-state index in [9.17, 15) is 13.6 Å². The maximum Gasteiger partial charge on any atom is 0.307 e. The van der Waals surface area contributed by atoms with Crippen molar-refractivity contribution in [2.45, 2.75) is 18.8 Å². The fraction of sp³-hybridized carbons (Fsp3) is 0.417. The molecule has 1 N–H and O–H groups in total. The van der Waals surface area contributed by atoms with E-state index < -0.39 is 24.9 Å². The van der Waals surface area contributed by atoms with Gasteiger partial charge in [0.1, 0.15) is 12.4 Å². The Kier molecular flexibility index (Phi) is 3.26. The highest BCUT2D eigenvalue weighted by molar-refractivity contribution is 5.75. The molecule has 0 amide bonds. The summed E-state index contributed by atoms with van der Waals surface area (Å²) in [6.07, 6.45) is -1.98. The molecule has 1 aromatic carbocycles. The van der Waals surface area contributed by atoms with Gasteiger partial charge in [0.2, 0.25) is 0 Å². The number of para-hydroxylation sites is 1. The second-order valence-corrected chi connectivity index (χ2v) is 4.03. The van der Waals surface area contributed by atoms with E-state index in [0.29, 0.717) is 17.7 Å². The van der Waals surface area contributed by atoms with Crippen molar-refractivity contribution >= 4 is 5.97 Å². The van der Waals surface area contributed by atoms with Crippen molar-refractivity contribution in [1.29, 1.82) is 0 Å². The van der Waals surface area contributed by atoms with E-state index in [1.807, 2.05) is 0 Å². The van der Waals surface area contributed by atoms with Gasteiger partial charge in [-0.05, 0) is 18.1 Å². The van der Waals surface area contributed by atoms with Gasteiger partial charge in [-0.15, -0.1) is 0 Å². The molecule has 0 aromatic heterocycles. The number of ether oxygens (including phenoxy) is 1. The first-order chi connectivity index (χ1) is 8.09. The van der Waals surface area contributed by atoms with Crippen molar-refractivity contribution in [3.05, 3.63) is 29.8 Å². The number of halogens is 2. The van der Waals surface area contributed by atoms with Crippen LogP contribution in [0.1, 0.15) is 17.9 Å². The van der Waals surface area contributed by atoms with Crippen LogP contribution in [0.15, 0.2) is 24.3 Å². The summed E-state index contributed by atoms with van der Waals surface area (Å²) in [4.78, 5) is 10.8. The Balaban J connectivity index is 2.09. The Morgan fingerprint density at radius 2 is 2.18 bits per heavy atom. The van der Waals surface area contributed by atoms with Crippen LogP contribution in [0.2, 0.25) is 0 Å². The third kappa shape index (κ3) is 2.72. The van der Waals surface area contributed by atoms with Crippen LogP contribution in [-0.4, -0.2) is 24.1 Å². The number of rotatable bonds is 5. The molecule has 1 aliphatic rings. The molecule has 0 bridgehead atoms. The molecule has 1 fully saturated rings. The van der Waals surface area contributed by atoms with Gasteiger partial charge in [-0.2, -0.15) is 0 Å². The van der Waals surface area contributed by atoms with Gasteiger partial charge in [-0.3, -0.25) is 4.79 Å². The van der Waals surface area contributed by atoms with E-state index in [1.165, 1.54) is 0 Å². The summed E-state index contributed by atoms with van der Waals surface area (Å²) >= 11 is 0. The minimum Gasteiger partial charge on any atom is -0.487 e. The SMILES string of the molecule is O=C(O)[C@@H]1C[C@@H]1c1ccccc1OCC(F)F. The molecule has 1 aliphatic carbocycles. The second kappa shape index (κ2) is 4.69. The third-order valence-corrected chi connectivity index (χ3v) is 2.79. The van der Waals surface area contributed by atoms with Gasteiger partial charge in [-0.25, -0.2) is 8.78 Å². The average Bonchev–Trinajstić information content (AvgIpc) is 3.06. The topological polar surface area (TPSA) is 46.5 Å². The Labute approximate surface area is 97.0 Å². The van der Waals surface area contributed by atoms with Crippen molar-refractivity contribution in [2.75, 3.05) is 6.61 Å². The maximum atomic E-state index is 12.1. The Morgan fingerprint density at radius 3 is 2.76 bits per heavy atom. The van der Waals surface area contributed by atoms with Gasteiger partial charge in [0, 0.05) is 5.92 Å². The molecular weight excluding hydrogens is 230 g/mol. The van der Waals surface area contributed by atoms with E-state index in [1.54, 1.807) is 24.3 Å². The first-order valence-electron chi connectivity index (χ1n) is 5.32. The van der Waals surface area contributed by atoms with Crippen LogP contribution in [0, 0.1) is 5.92 Å². The fourth-order valence-corrected chi connectivity index (χ4v) is 1.88. The summed E-state index contributed by atoms with van der Waals surface area (Å²) in [6.45, 7) is -0.665. The summed E-state index contributed by atoms with van der Waals surface area (Å²) in [6, 6.07) is 6.76. The van der Waals surface area contributed by atoms with Crippen molar-refractivity contribution in [3.63, 3.8) is 0 Å². The first kappa shape index (κ1) is 11.8. The van der Waals surface area contributed by atoms with Crippen LogP contribution in [0.3, 0.4) is 0 Å². The number of carbonyl (C=O) groups is 1. The maximum absolute atomic E-state index is 12.1. The van der Waals surface area contributed by atoms with Crippen LogP contribution in [0.5, 0.6) is 5.75 Å². The Hall–Kier alpha value is -1.65. The second-order valence-electron chi connectivity index (χ2n) is 4.03. The van der Waals surface area contributed by atoms with Gasteiger partial charge in [0.05, 0.1) is 5.92 Å². The summed E-state index contributed by atoms with van der Waals surface area (Å²) in [5, 5.41) is 8.83. The lowest BCUT2D eigenvalue weighted by atomic mass is 10.1. The molecule has 17 heavy (non-hydrogen) atoms. The zero-order chi connectivity index (χ0) is 12.4. The average molecular weight is 242 g/mol. The fourth-order valence-electron chi connectivity index (χ4n) is 1.88. The molecule has 3 nitrogen and oxygen atoms in total. The third-order valence-electron chi connectivity index (χ3n) is 2.79. The predicted molar refractivity (Wildman–Crippen MR) is 56.4 cm³/mol. The van der Waals surface area contributed by atoms with Crippen molar-refractivity contribution < 1.29 is 23.4 Å². The molecule has 0 radical (unpaired) electrons. The number of carboxylic acid groups (broad SMARTS) is 1. The highest BCUT2D eigenvalue weighted by Crippen LogP contribution is 2.50. The lowest BCUT2D eigenvalue weighted by Gasteiger charge is -2.10. The lowest BCUT2D eigenvalue weighted by Crippen LogP contribution is -2.08. The molecule has 1 saturated carbocycles. The van der Waals surface area contributed by atoms with E-state index in [0.717, 1.165) is 0 Å². The van der Waals surface area contributed by atoms with E-state index >= 15 is 0 Å². The molecule has 0 saturated heterocycles. The summed E-state index contributed by atoms with van der Waals surface area (Å²) < 4.78 is 29.1. The first-order valence-corrected chi connectivity index (χ1v) is 5.32. The minimum atomic E-state index is -2.53. The molecule has 2 atom stereocenters. The molecule has 5 heteroatoms. The van der Waals surface area contributed by atoms with E-state index in [-0.39, 0.29) is 5.92 Å². The minimum absolute atomic E-state index is 0.110. The van der Waals surface area contributed by atoms with Crippen molar-refractivity contribution in [3.8, 4) is 5.75 Å². The van der Waals surface area contributed by atoms with Gasteiger partial charge in [-0.1, -0.05) is 18.2 Å². The van der Waals surface area contributed by atoms with Gasteiger partial charge in [0.15, 0.2) is 0 Å². The predicted octanol–water partition coefficient (Wildman–Crippen LogP) is 2.52. The smallest absolute Gasteiger partial charge is 0.307 e. The molecule has 0 aliphatic heterocycles. The lowest BCUT2D eigenvalue weighted by molar-refractivity contribution is -0.138. The number of aliphatic carboxylic acids is 1. The van der Waals surface area contributed by atoms with Crippen LogP contribution < -0.4 is 4.74 Å². The van der Waals surface area contributed by atoms with Gasteiger partial charge < -0.3 is 9.84 Å². The summed E-state index contributed by atoms with van der Waals surface area (Å²) in [5.41, 5.74) is 0.709. The number of benzene rings is 1. The van der Waals surface area contributed by atoms with Crippen molar-refractivity contribution in [2.24, 2.45) is 5.92 Å². The molecule has 2 rings (SSSR count). The van der Waals surface area contributed by atoms with Crippen LogP contribution in [0.4, 0.5) is 8.78 Å². The normalized spacial score (nSPS) is 22.5. The molecule has 1 aromatic rings. The summed E-state index contributed by atoms with van der Waals surface area (Å²) in [5.74, 6) is -1.01. The molecule has 0 spiro atoms. The van der Waals surface area contributed by atoms with Gasteiger partial charge >= 0.3 is 5.97 Å². The number of alkyl halides is 2. The zero-order valence-electron chi connectivity index (χ0n) is 8.98. The number of carboxylic acids is 1. The number of hydrogen-bond acceptors (Lipinski definition) is 2. The largest absolute Gasteiger partial charge is 0.487 e. The standard InChI is InChI=1S/C12H12F2O3/c13-11(14)6-17-10-4-2-1-3-7(10)8-5-9(8)12(15)16/h1-4,8-9,11H,5-6H2,(H,15,16)/t8-,9-/m1/s1. The van der Waals surface area contributed by atoms with E-state index in [4.69, 9.17) is 9.84 Å². The van der Waals surface area contributed by atoms with Crippen LogP contribution in [-0.2, 0) is 4.79 Å². The number of hydrogen-bond donors (Lipinski definition) is 1. The van der Waals surface area contributed by atoms with Crippen LogP contribution in [0.25, 0.3) is 0 Å². The molecule has 92 valence electrons. The zero-order valence-corrected chi connectivity index (χ0v) is 8.98.